The summed E-state index contributed by atoms with van der Waals surface area (Å²) < 4.78 is 37.1. The van der Waals surface area contributed by atoms with E-state index in [-0.39, 0.29) is 35.1 Å². The second-order valence-electron chi connectivity index (χ2n) is 6.03. The second kappa shape index (κ2) is 8.02. The number of nitro groups is 1. The van der Waals surface area contributed by atoms with Crippen molar-refractivity contribution in [1.29, 1.82) is 0 Å². The molecule has 29 heavy (non-hydrogen) atoms. The zero-order valence-electron chi connectivity index (χ0n) is 15.7. The van der Waals surface area contributed by atoms with Crippen LogP contribution in [-0.2, 0) is 10.0 Å². The second-order valence-corrected chi connectivity index (χ2v) is 7.97. The summed E-state index contributed by atoms with van der Waals surface area (Å²) in [5.41, 5.74) is -0.766. The number of fused-ring (bicyclic) bond motifs is 1. The van der Waals surface area contributed by atoms with Crippen LogP contribution >= 0.6 is 0 Å². The van der Waals surface area contributed by atoms with E-state index in [1.54, 1.807) is 32.0 Å². The van der Waals surface area contributed by atoms with Crippen LogP contribution in [0, 0.1) is 10.1 Å². The van der Waals surface area contributed by atoms with Crippen molar-refractivity contribution in [3.05, 3.63) is 69.1 Å². The molecule has 0 unspecified atom stereocenters. The summed E-state index contributed by atoms with van der Waals surface area (Å²) in [6.07, 6.45) is 0. The first-order valence-electron chi connectivity index (χ1n) is 8.76. The van der Waals surface area contributed by atoms with Gasteiger partial charge >= 0.3 is 11.3 Å². The molecule has 0 saturated heterocycles. The van der Waals surface area contributed by atoms with Gasteiger partial charge in [0.15, 0.2) is 0 Å². The molecule has 0 atom stereocenters. The van der Waals surface area contributed by atoms with Gasteiger partial charge in [-0.05, 0) is 30.3 Å². The van der Waals surface area contributed by atoms with E-state index in [0.717, 1.165) is 6.07 Å². The largest absolute Gasteiger partial charge is 0.450 e. The lowest BCUT2D eigenvalue weighted by molar-refractivity contribution is -0.385. The van der Waals surface area contributed by atoms with Crippen LogP contribution in [0.2, 0.25) is 0 Å². The molecule has 0 aliphatic carbocycles. The van der Waals surface area contributed by atoms with Crippen LogP contribution in [0.1, 0.15) is 13.8 Å². The first-order valence-corrected chi connectivity index (χ1v) is 10.2. The summed E-state index contributed by atoms with van der Waals surface area (Å²) in [5.74, 6) is 0.0698. The van der Waals surface area contributed by atoms with Crippen molar-refractivity contribution >= 4 is 26.7 Å². The maximum absolute atomic E-state index is 12.6. The predicted molar refractivity (Wildman–Crippen MR) is 106 cm³/mol. The van der Waals surface area contributed by atoms with Gasteiger partial charge in [-0.2, -0.15) is 4.31 Å². The molecular weight excluding hydrogens is 400 g/mol. The van der Waals surface area contributed by atoms with Gasteiger partial charge in [0.1, 0.15) is 11.3 Å². The maximum Gasteiger partial charge on any atom is 0.336 e. The van der Waals surface area contributed by atoms with Crippen molar-refractivity contribution in [3.63, 3.8) is 0 Å². The van der Waals surface area contributed by atoms with Gasteiger partial charge in [-0.25, -0.2) is 13.2 Å². The number of ether oxygens (including phenoxy) is 1. The molecule has 0 spiro atoms. The lowest BCUT2D eigenvalue weighted by Crippen LogP contribution is -2.30. The molecule has 10 heteroatoms. The Balaban J connectivity index is 2.02. The molecule has 1 heterocycles. The highest BCUT2D eigenvalue weighted by Crippen LogP contribution is 2.35. The third kappa shape index (κ3) is 4.13. The Labute approximate surface area is 166 Å². The standard InChI is InChI=1S/C19H18N2O7S/c1-3-20(4-2)29(25,26)15-8-9-17(16(12-15)21(23)24)27-14-7-5-13-6-10-19(22)28-18(13)11-14/h5-12H,3-4H2,1-2H3. The van der Waals surface area contributed by atoms with E-state index in [1.165, 1.54) is 28.6 Å². The monoisotopic (exact) mass is 418 g/mol. The highest BCUT2D eigenvalue weighted by molar-refractivity contribution is 7.89. The van der Waals surface area contributed by atoms with Crippen LogP contribution in [0.25, 0.3) is 11.0 Å². The van der Waals surface area contributed by atoms with E-state index in [9.17, 15) is 23.3 Å². The molecule has 0 aliphatic heterocycles. The Morgan fingerprint density at radius 2 is 1.76 bits per heavy atom. The molecule has 9 nitrogen and oxygen atoms in total. The van der Waals surface area contributed by atoms with E-state index >= 15 is 0 Å². The predicted octanol–water partition coefficient (Wildman–Crippen LogP) is 3.52. The Morgan fingerprint density at radius 1 is 1.07 bits per heavy atom. The van der Waals surface area contributed by atoms with E-state index in [4.69, 9.17) is 9.15 Å². The zero-order valence-corrected chi connectivity index (χ0v) is 16.5. The van der Waals surface area contributed by atoms with Crippen molar-refractivity contribution in [2.24, 2.45) is 0 Å². The number of benzene rings is 2. The van der Waals surface area contributed by atoms with E-state index in [1.807, 2.05) is 0 Å². The molecule has 0 N–H and O–H groups in total. The summed E-state index contributed by atoms with van der Waals surface area (Å²) in [4.78, 5) is 22.0. The molecule has 0 aliphatic rings. The lowest BCUT2D eigenvalue weighted by Gasteiger charge is -2.18. The van der Waals surface area contributed by atoms with Gasteiger partial charge in [-0.15, -0.1) is 0 Å². The van der Waals surface area contributed by atoms with Crippen LogP contribution in [0.4, 0.5) is 5.69 Å². The van der Waals surface area contributed by atoms with Crippen molar-refractivity contribution in [3.8, 4) is 11.5 Å². The number of nitro benzene ring substituents is 1. The van der Waals surface area contributed by atoms with Crippen LogP contribution in [0.5, 0.6) is 11.5 Å². The minimum absolute atomic E-state index is 0.133. The molecule has 0 amide bonds. The summed E-state index contributed by atoms with van der Waals surface area (Å²) >= 11 is 0. The summed E-state index contributed by atoms with van der Waals surface area (Å²) in [5, 5.41) is 12.2. The first-order chi connectivity index (χ1) is 13.8. The Hall–Kier alpha value is -3.24. The molecule has 0 fully saturated rings. The number of hydrogen-bond donors (Lipinski definition) is 0. The van der Waals surface area contributed by atoms with Crippen LogP contribution in [-0.4, -0.2) is 30.7 Å². The SMILES string of the molecule is CCN(CC)S(=O)(=O)c1ccc(Oc2ccc3ccc(=O)oc3c2)c([N+](=O)[O-])c1. The summed E-state index contributed by atoms with van der Waals surface area (Å²) in [6, 6.07) is 11.0. The Morgan fingerprint density at radius 3 is 2.41 bits per heavy atom. The molecular formula is C19H18N2O7S. The molecule has 0 saturated carbocycles. The summed E-state index contributed by atoms with van der Waals surface area (Å²) in [7, 11) is -3.86. The van der Waals surface area contributed by atoms with Crippen LogP contribution in [0.15, 0.2) is 62.6 Å². The third-order valence-electron chi connectivity index (χ3n) is 4.29. The molecule has 3 rings (SSSR count). The molecule has 3 aromatic rings. The number of sulfonamides is 1. The smallest absolute Gasteiger partial charge is 0.336 e. The van der Waals surface area contributed by atoms with Gasteiger partial charge in [0.2, 0.25) is 15.8 Å². The fraction of sp³-hybridized carbons (Fsp3) is 0.211. The van der Waals surface area contributed by atoms with Gasteiger partial charge in [-0.1, -0.05) is 13.8 Å². The number of hydrogen-bond acceptors (Lipinski definition) is 7. The molecule has 152 valence electrons. The van der Waals surface area contributed by atoms with Crippen molar-refractivity contribution < 1.29 is 22.5 Å². The van der Waals surface area contributed by atoms with Crippen LogP contribution < -0.4 is 10.4 Å². The Kier molecular flexibility index (Phi) is 5.66. The number of nitrogens with zero attached hydrogens (tertiary/aromatic N) is 2. The number of rotatable bonds is 7. The summed E-state index contributed by atoms with van der Waals surface area (Å²) in [6.45, 7) is 3.86. The molecule has 2 aromatic carbocycles. The Bertz CT molecular complexity index is 1230. The highest BCUT2D eigenvalue weighted by atomic mass is 32.2. The fourth-order valence-electron chi connectivity index (χ4n) is 2.83. The fourth-order valence-corrected chi connectivity index (χ4v) is 4.31. The van der Waals surface area contributed by atoms with Gasteiger partial charge in [0.05, 0.1) is 9.82 Å². The topological polar surface area (TPSA) is 120 Å². The maximum atomic E-state index is 12.6. The van der Waals surface area contributed by atoms with Gasteiger partial charge in [0.25, 0.3) is 0 Å². The van der Waals surface area contributed by atoms with Crippen molar-refractivity contribution in [2.75, 3.05) is 13.1 Å². The van der Waals surface area contributed by atoms with Gasteiger partial charge < -0.3 is 9.15 Å². The van der Waals surface area contributed by atoms with E-state index < -0.39 is 26.3 Å². The van der Waals surface area contributed by atoms with Crippen molar-refractivity contribution in [1.82, 2.24) is 4.31 Å². The van der Waals surface area contributed by atoms with E-state index in [0.29, 0.717) is 5.39 Å². The average molecular weight is 418 g/mol. The highest BCUT2D eigenvalue weighted by Gasteiger charge is 2.26. The zero-order chi connectivity index (χ0) is 21.2. The van der Waals surface area contributed by atoms with E-state index in [2.05, 4.69) is 0 Å². The third-order valence-corrected chi connectivity index (χ3v) is 6.34. The lowest BCUT2D eigenvalue weighted by atomic mass is 10.2. The average Bonchev–Trinajstić information content (AvgIpc) is 2.68. The van der Waals surface area contributed by atoms with Gasteiger partial charge in [0, 0.05) is 36.7 Å². The first kappa shape index (κ1) is 20.5. The minimum Gasteiger partial charge on any atom is -0.450 e. The normalized spacial score (nSPS) is 11.7. The minimum atomic E-state index is -3.86. The van der Waals surface area contributed by atoms with Crippen LogP contribution in [0.3, 0.4) is 0 Å². The molecule has 0 radical (unpaired) electrons. The van der Waals surface area contributed by atoms with Gasteiger partial charge in [-0.3, -0.25) is 10.1 Å². The van der Waals surface area contributed by atoms with Crippen molar-refractivity contribution in [2.45, 2.75) is 18.7 Å². The molecule has 0 bridgehead atoms. The quantitative estimate of drug-likeness (QED) is 0.327. The molecule has 1 aromatic heterocycles.